The Hall–Kier alpha value is -1.94. The van der Waals surface area contributed by atoms with Gasteiger partial charge in [-0.3, -0.25) is 0 Å². The molecule has 2 aromatic rings. The van der Waals surface area contributed by atoms with Crippen molar-refractivity contribution in [3.63, 3.8) is 0 Å². The molecule has 3 N–H and O–H groups in total. The lowest BCUT2D eigenvalue weighted by molar-refractivity contribution is 0.644. The van der Waals surface area contributed by atoms with E-state index in [1.54, 1.807) is 6.20 Å². The molecule has 1 aliphatic rings. The number of anilines is 1. The Morgan fingerprint density at radius 1 is 1.28 bits per heavy atom. The summed E-state index contributed by atoms with van der Waals surface area (Å²) in [7, 11) is 0. The second-order valence-electron chi connectivity index (χ2n) is 4.64. The molecule has 0 fully saturated rings. The monoisotopic (exact) mass is 240 g/mol. The summed E-state index contributed by atoms with van der Waals surface area (Å²) >= 11 is 0. The number of aromatic nitrogens is 2. The molecule has 0 atom stereocenters. The fourth-order valence-corrected chi connectivity index (χ4v) is 2.27. The smallest absolute Gasteiger partial charge is 0.144 e. The maximum absolute atomic E-state index is 5.70. The normalized spacial score (nSPS) is 14.3. The Morgan fingerprint density at radius 3 is 3.00 bits per heavy atom. The van der Waals surface area contributed by atoms with Crippen molar-refractivity contribution >= 4 is 5.82 Å². The summed E-state index contributed by atoms with van der Waals surface area (Å²) in [6.07, 6.45) is 2.82. The van der Waals surface area contributed by atoms with E-state index in [9.17, 15) is 0 Å². The lowest BCUT2D eigenvalue weighted by Gasteiger charge is -2.17. The molecule has 0 aliphatic carbocycles. The van der Waals surface area contributed by atoms with Crippen molar-refractivity contribution in [3.8, 4) is 11.3 Å². The Kier molecular flexibility index (Phi) is 2.72. The lowest BCUT2D eigenvalue weighted by atomic mass is 9.97. The molecule has 0 saturated carbocycles. The van der Waals surface area contributed by atoms with E-state index in [4.69, 9.17) is 5.73 Å². The summed E-state index contributed by atoms with van der Waals surface area (Å²) in [4.78, 5) is 8.66. The maximum Gasteiger partial charge on any atom is 0.144 e. The number of nitrogens with zero attached hydrogens (tertiary/aromatic N) is 2. The van der Waals surface area contributed by atoms with E-state index in [-0.39, 0.29) is 0 Å². The average molecular weight is 240 g/mol. The molecule has 1 aromatic carbocycles. The van der Waals surface area contributed by atoms with Crippen LogP contribution in [-0.4, -0.2) is 16.5 Å². The van der Waals surface area contributed by atoms with Crippen molar-refractivity contribution in [2.45, 2.75) is 19.9 Å². The fourth-order valence-electron chi connectivity index (χ4n) is 2.27. The molecule has 4 heteroatoms. The van der Waals surface area contributed by atoms with Gasteiger partial charge in [0.25, 0.3) is 0 Å². The maximum atomic E-state index is 5.70. The van der Waals surface area contributed by atoms with Crippen LogP contribution in [0.25, 0.3) is 11.3 Å². The molecule has 4 nitrogen and oxygen atoms in total. The second kappa shape index (κ2) is 4.38. The van der Waals surface area contributed by atoms with Gasteiger partial charge in [0.2, 0.25) is 0 Å². The zero-order valence-electron chi connectivity index (χ0n) is 10.4. The van der Waals surface area contributed by atoms with E-state index in [0.29, 0.717) is 5.82 Å². The quantitative estimate of drug-likeness (QED) is 0.796. The van der Waals surface area contributed by atoms with Crippen molar-refractivity contribution < 1.29 is 0 Å². The third-order valence-electron chi connectivity index (χ3n) is 3.37. The topological polar surface area (TPSA) is 63.8 Å². The van der Waals surface area contributed by atoms with Crippen LogP contribution in [0, 0.1) is 6.92 Å². The number of rotatable bonds is 1. The highest BCUT2D eigenvalue weighted by Gasteiger charge is 2.10. The van der Waals surface area contributed by atoms with Crippen LogP contribution in [-0.2, 0) is 13.0 Å². The van der Waals surface area contributed by atoms with Crippen LogP contribution in [0.4, 0.5) is 5.82 Å². The van der Waals surface area contributed by atoms with Crippen LogP contribution in [0.1, 0.15) is 16.8 Å². The van der Waals surface area contributed by atoms with Crippen LogP contribution < -0.4 is 11.1 Å². The van der Waals surface area contributed by atoms with Crippen LogP contribution in [0.15, 0.2) is 24.4 Å². The highest BCUT2D eigenvalue weighted by atomic mass is 14.9. The number of hydrogen-bond donors (Lipinski definition) is 2. The first-order chi connectivity index (χ1) is 8.74. The summed E-state index contributed by atoms with van der Waals surface area (Å²) in [6, 6.07) is 6.49. The summed E-state index contributed by atoms with van der Waals surface area (Å²) in [5.41, 5.74) is 11.3. The minimum absolute atomic E-state index is 0.501. The van der Waals surface area contributed by atoms with E-state index < -0.39 is 0 Å². The van der Waals surface area contributed by atoms with Gasteiger partial charge in [-0.1, -0.05) is 12.1 Å². The van der Waals surface area contributed by atoms with Crippen LogP contribution in [0.3, 0.4) is 0 Å². The zero-order chi connectivity index (χ0) is 12.5. The van der Waals surface area contributed by atoms with Crippen LogP contribution in [0.2, 0.25) is 0 Å². The van der Waals surface area contributed by atoms with E-state index in [1.807, 2.05) is 6.92 Å². The Balaban J connectivity index is 2.03. The largest absolute Gasteiger partial charge is 0.382 e. The first-order valence-corrected chi connectivity index (χ1v) is 6.16. The Bertz CT molecular complexity index is 592. The molecule has 0 unspecified atom stereocenters. The molecular weight excluding hydrogens is 224 g/mol. The highest BCUT2D eigenvalue weighted by molar-refractivity contribution is 5.61. The summed E-state index contributed by atoms with van der Waals surface area (Å²) in [5.74, 6) is 0.501. The number of nitrogens with one attached hydrogen (secondary N) is 1. The molecule has 18 heavy (non-hydrogen) atoms. The summed E-state index contributed by atoms with van der Waals surface area (Å²) in [5, 5.41) is 3.37. The molecule has 0 saturated heterocycles. The van der Waals surface area contributed by atoms with Gasteiger partial charge in [-0.25, -0.2) is 9.97 Å². The molecule has 0 amide bonds. The van der Waals surface area contributed by atoms with Crippen molar-refractivity contribution in [2.24, 2.45) is 0 Å². The van der Waals surface area contributed by atoms with Crippen molar-refractivity contribution in [2.75, 3.05) is 12.3 Å². The number of aryl methyl sites for hydroxylation is 1. The van der Waals surface area contributed by atoms with Gasteiger partial charge in [-0.05, 0) is 37.1 Å². The van der Waals surface area contributed by atoms with E-state index in [0.717, 1.165) is 36.5 Å². The summed E-state index contributed by atoms with van der Waals surface area (Å²) < 4.78 is 0. The fraction of sp³-hybridized carbons (Fsp3) is 0.286. The minimum atomic E-state index is 0.501. The molecule has 0 spiro atoms. The molecular formula is C14H16N4. The zero-order valence-corrected chi connectivity index (χ0v) is 10.4. The SMILES string of the molecule is Cc1nc(-c2ccc3c(c2)CCNC3)cnc1N. The van der Waals surface area contributed by atoms with Gasteiger partial charge in [0, 0.05) is 12.1 Å². The average Bonchev–Trinajstić information content (AvgIpc) is 2.41. The molecule has 1 aromatic heterocycles. The van der Waals surface area contributed by atoms with Crippen molar-refractivity contribution in [3.05, 3.63) is 41.2 Å². The van der Waals surface area contributed by atoms with E-state index in [2.05, 4.69) is 33.5 Å². The predicted octanol–water partition coefficient (Wildman–Crippen LogP) is 1.68. The first kappa shape index (κ1) is 11.2. The standard InChI is InChI=1S/C14H16N4/c1-9-14(15)17-8-13(18-9)11-2-3-12-7-16-5-4-10(12)6-11/h2-3,6,8,16H,4-5,7H2,1H3,(H2,15,17). The van der Waals surface area contributed by atoms with Crippen LogP contribution in [0.5, 0.6) is 0 Å². The van der Waals surface area contributed by atoms with E-state index >= 15 is 0 Å². The van der Waals surface area contributed by atoms with Crippen molar-refractivity contribution in [1.82, 2.24) is 15.3 Å². The van der Waals surface area contributed by atoms with Crippen LogP contribution >= 0.6 is 0 Å². The van der Waals surface area contributed by atoms with Gasteiger partial charge in [0.15, 0.2) is 0 Å². The van der Waals surface area contributed by atoms with Gasteiger partial charge in [0.1, 0.15) is 5.82 Å². The first-order valence-electron chi connectivity index (χ1n) is 6.16. The lowest BCUT2D eigenvalue weighted by Crippen LogP contribution is -2.23. The summed E-state index contributed by atoms with van der Waals surface area (Å²) in [6.45, 7) is 3.89. The minimum Gasteiger partial charge on any atom is -0.382 e. The number of benzene rings is 1. The predicted molar refractivity (Wildman–Crippen MR) is 72.0 cm³/mol. The van der Waals surface area contributed by atoms with Gasteiger partial charge in [-0.15, -0.1) is 0 Å². The molecule has 1 aliphatic heterocycles. The molecule has 0 bridgehead atoms. The highest BCUT2D eigenvalue weighted by Crippen LogP contribution is 2.23. The molecule has 2 heterocycles. The van der Waals surface area contributed by atoms with Crippen molar-refractivity contribution in [1.29, 1.82) is 0 Å². The second-order valence-corrected chi connectivity index (χ2v) is 4.64. The Labute approximate surface area is 106 Å². The number of nitrogen functional groups attached to an aromatic ring is 1. The van der Waals surface area contributed by atoms with Gasteiger partial charge < -0.3 is 11.1 Å². The van der Waals surface area contributed by atoms with E-state index in [1.165, 1.54) is 11.1 Å². The third-order valence-corrected chi connectivity index (χ3v) is 3.37. The number of hydrogen-bond acceptors (Lipinski definition) is 4. The third kappa shape index (κ3) is 1.95. The van der Waals surface area contributed by atoms with Gasteiger partial charge in [-0.2, -0.15) is 0 Å². The Morgan fingerprint density at radius 2 is 2.17 bits per heavy atom. The molecule has 0 radical (unpaired) electrons. The molecule has 3 rings (SSSR count). The van der Waals surface area contributed by atoms with Gasteiger partial charge in [0.05, 0.1) is 17.6 Å². The van der Waals surface area contributed by atoms with Gasteiger partial charge >= 0.3 is 0 Å². The molecule has 92 valence electrons. The number of fused-ring (bicyclic) bond motifs is 1. The number of nitrogens with two attached hydrogens (primary N) is 1.